The Labute approximate surface area is 111 Å². The summed E-state index contributed by atoms with van der Waals surface area (Å²) in [6, 6.07) is 6.88. The lowest BCUT2D eigenvalue weighted by molar-refractivity contribution is -0.143. The summed E-state index contributed by atoms with van der Waals surface area (Å²) in [4.78, 5) is 23.9. The van der Waals surface area contributed by atoms with Crippen molar-refractivity contribution >= 4 is 11.9 Å². The van der Waals surface area contributed by atoms with Crippen LogP contribution in [0.5, 0.6) is 0 Å². The lowest BCUT2D eigenvalue weighted by Crippen LogP contribution is -2.35. The van der Waals surface area contributed by atoms with Gasteiger partial charge < -0.3 is 10.2 Å². The summed E-state index contributed by atoms with van der Waals surface area (Å²) in [5, 5.41) is 17.9. The van der Waals surface area contributed by atoms with Crippen LogP contribution in [-0.2, 0) is 11.3 Å². The summed E-state index contributed by atoms with van der Waals surface area (Å²) in [6.45, 7) is 2.16. The van der Waals surface area contributed by atoms with Crippen LogP contribution in [0.4, 0.5) is 0 Å². The van der Waals surface area contributed by atoms with Crippen molar-refractivity contribution in [2.24, 2.45) is 5.92 Å². The van der Waals surface area contributed by atoms with Gasteiger partial charge in [0.15, 0.2) is 0 Å². The standard InChI is InChI=1S/C14H17NO4/c16-13(17)11-4-6-15(7-5-11)9-10-2-1-3-12(8-10)14(18)19/h1-3,8,11H,4-7,9H2,(H,16,17)(H,18,19). The molecule has 2 N–H and O–H groups in total. The molecule has 1 aliphatic heterocycles. The summed E-state index contributed by atoms with van der Waals surface area (Å²) in [6.07, 6.45) is 1.32. The van der Waals surface area contributed by atoms with Crippen molar-refractivity contribution in [2.75, 3.05) is 13.1 Å². The number of carboxylic acids is 2. The Balaban J connectivity index is 1.94. The highest BCUT2D eigenvalue weighted by molar-refractivity contribution is 5.87. The molecule has 5 nitrogen and oxygen atoms in total. The molecule has 2 rings (SSSR count). The first-order valence-electron chi connectivity index (χ1n) is 6.33. The SMILES string of the molecule is O=C(O)c1cccc(CN2CCC(C(=O)O)CC2)c1. The molecule has 0 aromatic heterocycles. The van der Waals surface area contributed by atoms with Crippen LogP contribution in [-0.4, -0.2) is 40.1 Å². The minimum atomic E-state index is -0.925. The Bertz CT molecular complexity index is 478. The Kier molecular flexibility index (Phi) is 4.16. The quantitative estimate of drug-likeness (QED) is 0.864. The molecule has 1 saturated heterocycles. The number of carbonyl (C=O) groups is 2. The Morgan fingerprint density at radius 1 is 1.21 bits per heavy atom. The molecule has 0 amide bonds. The first-order valence-corrected chi connectivity index (χ1v) is 6.33. The van der Waals surface area contributed by atoms with Gasteiger partial charge in [-0.3, -0.25) is 9.69 Å². The van der Waals surface area contributed by atoms with E-state index in [4.69, 9.17) is 10.2 Å². The number of nitrogens with zero attached hydrogens (tertiary/aromatic N) is 1. The Hall–Kier alpha value is -1.88. The smallest absolute Gasteiger partial charge is 0.335 e. The highest BCUT2D eigenvalue weighted by Crippen LogP contribution is 2.19. The van der Waals surface area contributed by atoms with Gasteiger partial charge in [0.25, 0.3) is 0 Å². The van der Waals surface area contributed by atoms with Gasteiger partial charge in [0.05, 0.1) is 11.5 Å². The first kappa shape index (κ1) is 13.5. The average molecular weight is 263 g/mol. The number of rotatable bonds is 4. The number of benzene rings is 1. The van der Waals surface area contributed by atoms with E-state index < -0.39 is 11.9 Å². The molecular weight excluding hydrogens is 246 g/mol. The number of aromatic carboxylic acids is 1. The van der Waals surface area contributed by atoms with Crippen LogP contribution >= 0.6 is 0 Å². The molecule has 0 atom stereocenters. The fraction of sp³-hybridized carbons (Fsp3) is 0.429. The minimum Gasteiger partial charge on any atom is -0.481 e. The topological polar surface area (TPSA) is 77.8 Å². The zero-order valence-corrected chi connectivity index (χ0v) is 10.6. The van der Waals surface area contributed by atoms with Crippen molar-refractivity contribution in [1.82, 2.24) is 4.90 Å². The molecule has 5 heteroatoms. The van der Waals surface area contributed by atoms with Crippen LogP contribution in [0.25, 0.3) is 0 Å². The third-order valence-electron chi connectivity index (χ3n) is 3.52. The van der Waals surface area contributed by atoms with Crippen LogP contribution in [0.15, 0.2) is 24.3 Å². The predicted octanol–water partition coefficient (Wildman–Crippen LogP) is 1.68. The van der Waals surface area contributed by atoms with E-state index in [2.05, 4.69) is 4.90 Å². The Morgan fingerprint density at radius 3 is 2.47 bits per heavy atom. The first-order chi connectivity index (χ1) is 9.06. The summed E-state index contributed by atoms with van der Waals surface area (Å²) in [5.41, 5.74) is 1.24. The maximum absolute atomic E-state index is 10.9. The summed E-state index contributed by atoms with van der Waals surface area (Å²) in [7, 11) is 0. The normalized spacial score (nSPS) is 17.3. The summed E-state index contributed by atoms with van der Waals surface area (Å²) < 4.78 is 0. The van der Waals surface area contributed by atoms with Gasteiger partial charge >= 0.3 is 11.9 Å². The molecule has 1 fully saturated rings. The van der Waals surface area contributed by atoms with Gasteiger partial charge in [-0.1, -0.05) is 12.1 Å². The number of hydrogen-bond acceptors (Lipinski definition) is 3. The molecule has 1 aromatic carbocycles. The molecule has 1 aliphatic rings. The fourth-order valence-electron chi connectivity index (χ4n) is 2.40. The molecule has 0 unspecified atom stereocenters. The summed E-state index contributed by atoms with van der Waals surface area (Å²) >= 11 is 0. The number of hydrogen-bond donors (Lipinski definition) is 2. The van der Waals surface area contributed by atoms with Crippen molar-refractivity contribution in [3.05, 3.63) is 35.4 Å². The molecule has 102 valence electrons. The fourth-order valence-corrected chi connectivity index (χ4v) is 2.40. The lowest BCUT2D eigenvalue weighted by atomic mass is 9.96. The third-order valence-corrected chi connectivity index (χ3v) is 3.52. The maximum atomic E-state index is 10.9. The number of likely N-dealkylation sites (tertiary alicyclic amines) is 1. The minimum absolute atomic E-state index is 0.235. The molecule has 0 aliphatic carbocycles. The monoisotopic (exact) mass is 263 g/mol. The van der Waals surface area contributed by atoms with Crippen molar-refractivity contribution in [2.45, 2.75) is 19.4 Å². The highest BCUT2D eigenvalue weighted by Gasteiger charge is 2.24. The van der Waals surface area contributed by atoms with Gasteiger partial charge in [-0.05, 0) is 43.6 Å². The molecule has 19 heavy (non-hydrogen) atoms. The van der Waals surface area contributed by atoms with E-state index >= 15 is 0 Å². The van der Waals surface area contributed by atoms with E-state index in [1.165, 1.54) is 0 Å². The second-order valence-electron chi connectivity index (χ2n) is 4.89. The van der Waals surface area contributed by atoms with E-state index in [1.807, 2.05) is 6.07 Å². The highest BCUT2D eigenvalue weighted by atomic mass is 16.4. The predicted molar refractivity (Wildman–Crippen MR) is 69.0 cm³/mol. The van der Waals surface area contributed by atoms with Gasteiger partial charge in [-0.15, -0.1) is 0 Å². The maximum Gasteiger partial charge on any atom is 0.335 e. The molecule has 0 spiro atoms. The molecular formula is C14H17NO4. The van der Waals surface area contributed by atoms with Crippen LogP contribution < -0.4 is 0 Å². The van der Waals surface area contributed by atoms with Gasteiger partial charge in [-0.2, -0.15) is 0 Å². The van der Waals surface area contributed by atoms with Gasteiger partial charge in [-0.25, -0.2) is 4.79 Å². The molecule has 1 heterocycles. The summed E-state index contributed by atoms with van der Waals surface area (Å²) in [5.74, 6) is -1.87. The van der Waals surface area contributed by atoms with E-state index in [0.717, 1.165) is 18.7 Å². The van der Waals surface area contributed by atoms with Crippen molar-refractivity contribution in [1.29, 1.82) is 0 Å². The molecule has 0 saturated carbocycles. The largest absolute Gasteiger partial charge is 0.481 e. The molecule has 1 aromatic rings. The molecule has 0 bridgehead atoms. The number of carboxylic acid groups (broad SMARTS) is 2. The second kappa shape index (κ2) is 5.84. The second-order valence-corrected chi connectivity index (χ2v) is 4.89. The zero-order chi connectivity index (χ0) is 13.8. The van der Waals surface area contributed by atoms with E-state index in [9.17, 15) is 9.59 Å². The van der Waals surface area contributed by atoms with Gasteiger partial charge in [0.2, 0.25) is 0 Å². The van der Waals surface area contributed by atoms with Crippen LogP contribution in [0, 0.1) is 5.92 Å². The number of aliphatic carboxylic acids is 1. The van der Waals surface area contributed by atoms with E-state index in [0.29, 0.717) is 19.4 Å². The number of piperidine rings is 1. The van der Waals surface area contributed by atoms with Crippen molar-refractivity contribution in [3.63, 3.8) is 0 Å². The Morgan fingerprint density at radius 2 is 1.89 bits per heavy atom. The van der Waals surface area contributed by atoms with Crippen LogP contribution in [0.1, 0.15) is 28.8 Å². The molecule has 0 radical (unpaired) electrons. The van der Waals surface area contributed by atoms with Crippen molar-refractivity contribution < 1.29 is 19.8 Å². The van der Waals surface area contributed by atoms with Crippen molar-refractivity contribution in [3.8, 4) is 0 Å². The lowest BCUT2D eigenvalue weighted by Gasteiger charge is -2.30. The third kappa shape index (κ3) is 3.54. The van der Waals surface area contributed by atoms with Gasteiger partial charge in [0.1, 0.15) is 0 Å². The van der Waals surface area contributed by atoms with Crippen LogP contribution in [0.2, 0.25) is 0 Å². The van der Waals surface area contributed by atoms with Crippen LogP contribution in [0.3, 0.4) is 0 Å². The van der Waals surface area contributed by atoms with E-state index in [1.54, 1.807) is 18.2 Å². The zero-order valence-electron chi connectivity index (χ0n) is 10.6. The average Bonchev–Trinajstić information content (AvgIpc) is 2.39. The van der Waals surface area contributed by atoms with E-state index in [-0.39, 0.29) is 11.5 Å². The van der Waals surface area contributed by atoms with Gasteiger partial charge in [0, 0.05) is 6.54 Å².